The van der Waals surface area contributed by atoms with E-state index in [0.29, 0.717) is 18.7 Å². The van der Waals surface area contributed by atoms with Crippen molar-refractivity contribution in [3.8, 4) is 0 Å². The fourth-order valence-corrected chi connectivity index (χ4v) is 3.98. The van der Waals surface area contributed by atoms with Crippen LogP contribution in [0.5, 0.6) is 0 Å². The van der Waals surface area contributed by atoms with Crippen LogP contribution in [0, 0.1) is 0 Å². The molecule has 3 heterocycles. The number of nitrogens with zero attached hydrogens (tertiary/aromatic N) is 4. The third kappa shape index (κ3) is 3.13. The lowest BCUT2D eigenvalue weighted by Crippen LogP contribution is -2.50. The highest BCUT2D eigenvalue weighted by atomic mass is 32.2. The van der Waals surface area contributed by atoms with Gasteiger partial charge >= 0.3 is 0 Å². The SMILES string of the molecule is Cn1ccc(C(=O)N2CCN(S(=O)(=O)c3cccnc3)CC2)c1. The van der Waals surface area contributed by atoms with Gasteiger partial charge in [-0.05, 0) is 18.2 Å². The highest BCUT2D eigenvalue weighted by Crippen LogP contribution is 2.17. The molecule has 0 N–H and O–H groups in total. The summed E-state index contributed by atoms with van der Waals surface area (Å²) in [5.74, 6) is -0.0657. The van der Waals surface area contributed by atoms with Crippen LogP contribution in [-0.2, 0) is 17.1 Å². The third-order valence-corrected chi connectivity index (χ3v) is 5.76. The molecule has 122 valence electrons. The Balaban J connectivity index is 1.68. The van der Waals surface area contributed by atoms with Crippen LogP contribution in [-0.4, -0.2) is 59.3 Å². The maximum Gasteiger partial charge on any atom is 0.255 e. The molecular weight excluding hydrogens is 316 g/mol. The quantitative estimate of drug-likeness (QED) is 0.822. The van der Waals surface area contributed by atoms with E-state index in [0.717, 1.165) is 0 Å². The van der Waals surface area contributed by atoms with Gasteiger partial charge in [-0.25, -0.2) is 8.42 Å². The summed E-state index contributed by atoms with van der Waals surface area (Å²) in [6.45, 7) is 1.34. The zero-order valence-corrected chi connectivity index (χ0v) is 13.6. The molecule has 1 fully saturated rings. The highest BCUT2D eigenvalue weighted by Gasteiger charge is 2.30. The fourth-order valence-electron chi connectivity index (χ4n) is 2.59. The molecule has 23 heavy (non-hydrogen) atoms. The van der Waals surface area contributed by atoms with Gasteiger partial charge in [-0.15, -0.1) is 0 Å². The first-order valence-electron chi connectivity index (χ1n) is 7.30. The number of rotatable bonds is 3. The minimum atomic E-state index is -3.54. The van der Waals surface area contributed by atoms with Gasteiger partial charge in [0.1, 0.15) is 4.90 Å². The lowest BCUT2D eigenvalue weighted by molar-refractivity contribution is 0.0698. The molecule has 1 saturated heterocycles. The van der Waals surface area contributed by atoms with Crippen molar-refractivity contribution in [3.05, 3.63) is 48.5 Å². The maximum absolute atomic E-state index is 12.5. The van der Waals surface area contributed by atoms with Crippen LogP contribution in [0.25, 0.3) is 0 Å². The molecule has 7 nitrogen and oxygen atoms in total. The van der Waals surface area contributed by atoms with E-state index in [1.807, 2.05) is 17.8 Å². The van der Waals surface area contributed by atoms with Crippen molar-refractivity contribution in [3.63, 3.8) is 0 Å². The Bertz CT molecular complexity index is 793. The Kier molecular flexibility index (Phi) is 4.18. The Morgan fingerprint density at radius 1 is 1.17 bits per heavy atom. The molecule has 0 unspecified atom stereocenters. The van der Waals surface area contributed by atoms with Crippen molar-refractivity contribution < 1.29 is 13.2 Å². The summed E-state index contributed by atoms with van der Waals surface area (Å²) in [6.07, 6.45) is 6.46. The van der Waals surface area contributed by atoms with E-state index in [9.17, 15) is 13.2 Å². The number of carbonyl (C=O) groups excluding carboxylic acids is 1. The average Bonchev–Trinajstić information content (AvgIpc) is 3.01. The molecule has 8 heteroatoms. The molecule has 2 aromatic heterocycles. The lowest BCUT2D eigenvalue weighted by atomic mass is 10.2. The second kappa shape index (κ2) is 6.13. The fraction of sp³-hybridized carbons (Fsp3) is 0.333. The van der Waals surface area contributed by atoms with E-state index in [1.54, 1.807) is 23.2 Å². The first kappa shape index (κ1) is 15.7. The van der Waals surface area contributed by atoms with Crippen LogP contribution >= 0.6 is 0 Å². The van der Waals surface area contributed by atoms with Crippen LogP contribution in [0.15, 0.2) is 47.9 Å². The van der Waals surface area contributed by atoms with Gasteiger partial charge in [-0.2, -0.15) is 4.31 Å². The standard InChI is InChI=1S/C15H18N4O3S/c1-17-6-4-13(12-17)15(20)18-7-9-19(10-8-18)23(21,22)14-3-2-5-16-11-14/h2-6,11-12H,7-10H2,1H3. The van der Waals surface area contributed by atoms with Crippen molar-refractivity contribution in [1.82, 2.24) is 18.8 Å². The zero-order valence-electron chi connectivity index (χ0n) is 12.8. The van der Waals surface area contributed by atoms with Crippen LogP contribution < -0.4 is 0 Å². The molecule has 0 atom stereocenters. The molecule has 0 saturated carbocycles. The Morgan fingerprint density at radius 3 is 2.48 bits per heavy atom. The number of hydrogen-bond donors (Lipinski definition) is 0. The normalized spacial score (nSPS) is 16.5. The van der Waals surface area contributed by atoms with Gasteiger partial charge in [-0.3, -0.25) is 9.78 Å². The number of amides is 1. The number of aromatic nitrogens is 2. The molecule has 0 radical (unpaired) electrons. The van der Waals surface area contributed by atoms with Crippen LogP contribution in [0.3, 0.4) is 0 Å². The molecule has 1 aliphatic rings. The van der Waals surface area contributed by atoms with Gasteiger partial charge in [-0.1, -0.05) is 0 Å². The molecule has 1 amide bonds. The molecule has 1 aliphatic heterocycles. The Morgan fingerprint density at radius 2 is 1.91 bits per heavy atom. The molecule has 0 bridgehead atoms. The average molecular weight is 334 g/mol. The first-order chi connectivity index (χ1) is 11.0. The minimum Gasteiger partial charge on any atom is -0.356 e. The predicted octanol–water partition coefficient (Wildman–Crippen LogP) is 0.567. The van der Waals surface area contributed by atoms with Crippen molar-refractivity contribution in [1.29, 1.82) is 0 Å². The number of hydrogen-bond acceptors (Lipinski definition) is 4. The molecular formula is C15H18N4O3S. The second-order valence-electron chi connectivity index (χ2n) is 5.45. The number of piperazine rings is 1. The summed E-state index contributed by atoms with van der Waals surface area (Å²) in [5, 5.41) is 0. The summed E-state index contributed by atoms with van der Waals surface area (Å²) in [4.78, 5) is 18.1. The van der Waals surface area contributed by atoms with Crippen LogP contribution in [0.2, 0.25) is 0 Å². The topological polar surface area (TPSA) is 75.5 Å². The van der Waals surface area contributed by atoms with E-state index in [1.165, 1.54) is 22.8 Å². The van der Waals surface area contributed by atoms with Gasteiger partial charge in [0.05, 0.1) is 5.56 Å². The minimum absolute atomic E-state index is 0.0657. The van der Waals surface area contributed by atoms with Gasteiger partial charge in [0.25, 0.3) is 5.91 Å². The third-order valence-electron chi connectivity index (χ3n) is 3.88. The first-order valence-corrected chi connectivity index (χ1v) is 8.74. The van der Waals surface area contributed by atoms with E-state index >= 15 is 0 Å². The molecule has 2 aromatic rings. The second-order valence-corrected chi connectivity index (χ2v) is 7.39. The smallest absolute Gasteiger partial charge is 0.255 e. The van der Waals surface area contributed by atoms with E-state index in [2.05, 4.69) is 4.98 Å². The lowest BCUT2D eigenvalue weighted by Gasteiger charge is -2.33. The summed E-state index contributed by atoms with van der Waals surface area (Å²) < 4.78 is 28.2. The van der Waals surface area contributed by atoms with Gasteiger partial charge in [0.15, 0.2) is 0 Å². The molecule has 0 aliphatic carbocycles. The predicted molar refractivity (Wildman–Crippen MR) is 84.3 cm³/mol. The van der Waals surface area contributed by atoms with Gasteiger partial charge < -0.3 is 9.47 Å². The summed E-state index contributed by atoms with van der Waals surface area (Å²) in [6, 6.07) is 4.90. The van der Waals surface area contributed by atoms with Crippen molar-refractivity contribution in [2.24, 2.45) is 7.05 Å². The number of sulfonamides is 1. The Hall–Kier alpha value is -2.19. The number of pyridine rings is 1. The van der Waals surface area contributed by atoms with E-state index in [-0.39, 0.29) is 23.9 Å². The van der Waals surface area contributed by atoms with Gasteiger partial charge in [0, 0.05) is 58.0 Å². The van der Waals surface area contributed by atoms with Crippen LogP contribution in [0.4, 0.5) is 0 Å². The number of carbonyl (C=O) groups is 1. The summed E-state index contributed by atoms with van der Waals surface area (Å²) >= 11 is 0. The van der Waals surface area contributed by atoms with Crippen molar-refractivity contribution in [2.45, 2.75) is 4.90 Å². The van der Waals surface area contributed by atoms with Crippen LogP contribution in [0.1, 0.15) is 10.4 Å². The maximum atomic E-state index is 12.5. The highest BCUT2D eigenvalue weighted by molar-refractivity contribution is 7.89. The summed E-state index contributed by atoms with van der Waals surface area (Å²) in [5.41, 5.74) is 0.621. The monoisotopic (exact) mass is 334 g/mol. The number of aryl methyl sites for hydroxylation is 1. The van der Waals surface area contributed by atoms with Crippen molar-refractivity contribution >= 4 is 15.9 Å². The molecule has 0 spiro atoms. The largest absolute Gasteiger partial charge is 0.356 e. The molecule has 0 aromatic carbocycles. The Labute approximate surface area is 135 Å². The zero-order chi connectivity index (χ0) is 16.4. The van der Waals surface area contributed by atoms with Gasteiger partial charge in [0.2, 0.25) is 10.0 Å². The molecule has 3 rings (SSSR count). The van der Waals surface area contributed by atoms with E-state index in [4.69, 9.17) is 0 Å². The van der Waals surface area contributed by atoms with E-state index < -0.39 is 10.0 Å². The summed E-state index contributed by atoms with van der Waals surface area (Å²) in [7, 11) is -1.69. The van der Waals surface area contributed by atoms with Crippen molar-refractivity contribution in [2.75, 3.05) is 26.2 Å².